The molecule has 1 aliphatic rings. The van der Waals surface area contributed by atoms with Gasteiger partial charge in [0.1, 0.15) is 5.82 Å². The van der Waals surface area contributed by atoms with Crippen LogP contribution in [0.2, 0.25) is 0 Å². The number of carboxylic acid groups (broad SMARTS) is 1. The first kappa shape index (κ1) is 12.1. The average molecular weight is 238 g/mol. The van der Waals surface area contributed by atoms with Crippen molar-refractivity contribution in [2.45, 2.75) is 32.2 Å². The van der Waals surface area contributed by atoms with Gasteiger partial charge in [0, 0.05) is 32.9 Å². The third-order valence-corrected chi connectivity index (χ3v) is 3.19. The topological polar surface area (TPSA) is 64.4 Å². The molecule has 5 heteroatoms. The van der Waals surface area contributed by atoms with E-state index >= 15 is 0 Å². The van der Waals surface area contributed by atoms with Gasteiger partial charge in [-0.25, -0.2) is 4.98 Å². The van der Waals surface area contributed by atoms with E-state index in [1.165, 1.54) is 0 Å². The number of rotatable bonds is 5. The van der Waals surface area contributed by atoms with Crippen molar-refractivity contribution in [1.29, 1.82) is 0 Å². The quantitative estimate of drug-likeness (QED) is 0.780. The molecule has 0 aromatic carbocycles. The number of aromatic nitrogens is 2. The minimum absolute atomic E-state index is 0.267. The predicted octanol–water partition coefficient (Wildman–Crippen LogP) is 1.11. The van der Waals surface area contributed by atoms with Gasteiger partial charge in [-0.1, -0.05) is 0 Å². The predicted molar refractivity (Wildman–Crippen MR) is 61.9 cm³/mol. The molecule has 2 heterocycles. The molecule has 1 unspecified atom stereocenters. The molecule has 1 atom stereocenters. The van der Waals surface area contributed by atoms with Crippen molar-refractivity contribution >= 4 is 5.97 Å². The monoisotopic (exact) mass is 238 g/mol. The lowest BCUT2D eigenvalue weighted by Crippen LogP contribution is -2.25. The molecule has 0 amide bonds. The van der Waals surface area contributed by atoms with Crippen LogP contribution in [0.1, 0.15) is 24.4 Å². The second-order valence-corrected chi connectivity index (χ2v) is 4.47. The van der Waals surface area contributed by atoms with E-state index in [-0.39, 0.29) is 5.92 Å². The van der Waals surface area contributed by atoms with Gasteiger partial charge in [-0.3, -0.25) is 4.79 Å². The number of methoxy groups -OCH3 is 1. The molecule has 0 radical (unpaired) electrons. The summed E-state index contributed by atoms with van der Waals surface area (Å²) in [4.78, 5) is 15.4. The van der Waals surface area contributed by atoms with Gasteiger partial charge in [0.15, 0.2) is 0 Å². The number of hydrogen-bond acceptors (Lipinski definition) is 3. The molecule has 0 fully saturated rings. The highest BCUT2D eigenvalue weighted by Gasteiger charge is 2.25. The van der Waals surface area contributed by atoms with Crippen molar-refractivity contribution in [1.82, 2.24) is 9.55 Å². The highest BCUT2D eigenvalue weighted by atomic mass is 16.5. The SMILES string of the molecule is COCCCc1cn2c(n1)CC(C(=O)O)CC2. The minimum atomic E-state index is -0.708. The molecule has 0 spiro atoms. The molecule has 1 aromatic heterocycles. The van der Waals surface area contributed by atoms with Crippen molar-refractivity contribution < 1.29 is 14.6 Å². The Labute approximate surface area is 100 Å². The maximum absolute atomic E-state index is 10.9. The second-order valence-electron chi connectivity index (χ2n) is 4.47. The lowest BCUT2D eigenvalue weighted by Gasteiger charge is -2.19. The van der Waals surface area contributed by atoms with Crippen LogP contribution in [0.4, 0.5) is 0 Å². The summed E-state index contributed by atoms with van der Waals surface area (Å²) in [5.74, 6) is -0.0621. The van der Waals surface area contributed by atoms with E-state index in [0.717, 1.165) is 37.5 Å². The molecule has 1 N–H and O–H groups in total. The summed E-state index contributed by atoms with van der Waals surface area (Å²) in [6.45, 7) is 1.50. The van der Waals surface area contributed by atoms with Crippen molar-refractivity contribution in [3.8, 4) is 0 Å². The summed E-state index contributed by atoms with van der Waals surface area (Å²) in [6.07, 6.45) is 5.15. The fraction of sp³-hybridized carbons (Fsp3) is 0.667. The number of carboxylic acids is 1. The van der Waals surface area contributed by atoms with Crippen LogP contribution in [-0.2, 0) is 28.9 Å². The maximum Gasteiger partial charge on any atom is 0.307 e. The number of aliphatic carboxylic acids is 1. The first-order valence-corrected chi connectivity index (χ1v) is 5.97. The molecular weight excluding hydrogens is 220 g/mol. The van der Waals surface area contributed by atoms with E-state index in [1.807, 2.05) is 6.20 Å². The second kappa shape index (κ2) is 5.31. The molecule has 1 aromatic rings. The van der Waals surface area contributed by atoms with Gasteiger partial charge in [-0.2, -0.15) is 0 Å². The Kier molecular flexibility index (Phi) is 3.78. The molecular formula is C12H18N2O3. The molecule has 17 heavy (non-hydrogen) atoms. The zero-order valence-electron chi connectivity index (χ0n) is 10.1. The molecule has 5 nitrogen and oxygen atoms in total. The maximum atomic E-state index is 10.9. The largest absolute Gasteiger partial charge is 0.481 e. The summed E-state index contributed by atoms with van der Waals surface area (Å²) in [5.41, 5.74) is 1.04. The van der Waals surface area contributed by atoms with Crippen molar-refractivity contribution in [3.63, 3.8) is 0 Å². The third kappa shape index (κ3) is 2.85. The van der Waals surface area contributed by atoms with E-state index in [1.54, 1.807) is 7.11 Å². The van der Waals surface area contributed by atoms with Gasteiger partial charge in [-0.05, 0) is 19.3 Å². The molecule has 0 aliphatic carbocycles. The van der Waals surface area contributed by atoms with Crippen LogP contribution in [0.15, 0.2) is 6.20 Å². The number of fused-ring (bicyclic) bond motifs is 1. The summed E-state index contributed by atoms with van der Waals surface area (Å²) in [7, 11) is 1.69. The van der Waals surface area contributed by atoms with Crippen LogP contribution in [0.25, 0.3) is 0 Å². The van der Waals surface area contributed by atoms with E-state index in [9.17, 15) is 4.79 Å². The zero-order chi connectivity index (χ0) is 12.3. The number of aryl methyl sites for hydroxylation is 2. The Morgan fingerprint density at radius 1 is 1.71 bits per heavy atom. The van der Waals surface area contributed by atoms with E-state index in [2.05, 4.69) is 9.55 Å². The standard InChI is InChI=1S/C12H18N2O3/c1-17-6-2-3-10-8-14-5-4-9(12(15)16)7-11(14)13-10/h8-9H,2-7H2,1H3,(H,15,16). The Morgan fingerprint density at radius 3 is 3.24 bits per heavy atom. The summed E-state index contributed by atoms with van der Waals surface area (Å²) in [5, 5.41) is 8.99. The van der Waals surface area contributed by atoms with Gasteiger partial charge in [-0.15, -0.1) is 0 Å². The van der Waals surface area contributed by atoms with Crippen molar-refractivity contribution in [2.24, 2.45) is 5.92 Å². The number of imidazole rings is 1. The van der Waals surface area contributed by atoms with Crippen LogP contribution in [0, 0.1) is 5.92 Å². The van der Waals surface area contributed by atoms with Crippen LogP contribution >= 0.6 is 0 Å². The normalized spacial score (nSPS) is 19.0. The molecule has 0 saturated carbocycles. The first-order valence-electron chi connectivity index (χ1n) is 5.97. The van der Waals surface area contributed by atoms with Gasteiger partial charge in [0.25, 0.3) is 0 Å². The number of ether oxygens (including phenoxy) is 1. The number of carbonyl (C=O) groups is 1. The molecule has 1 aliphatic heterocycles. The van der Waals surface area contributed by atoms with Gasteiger partial charge >= 0.3 is 5.97 Å². The zero-order valence-corrected chi connectivity index (χ0v) is 10.1. The summed E-state index contributed by atoms with van der Waals surface area (Å²) >= 11 is 0. The molecule has 94 valence electrons. The third-order valence-electron chi connectivity index (χ3n) is 3.19. The number of nitrogens with zero attached hydrogens (tertiary/aromatic N) is 2. The van der Waals surface area contributed by atoms with Crippen molar-refractivity contribution in [3.05, 3.63) is 17.7 Å². The fourth-order valence-corrected chi connectivity index (χ4v) is 2.22. The molecule has 2 rings (SSSR count). The smallest absolute Gasteiger partial charge is 0.307 e. The van der Waals surface area contributed by atoms with Gasteiger partial charge < -0.3 is 14.4 Å². The van der Waals surface area contributed by atoms with Crippen LogP contribution < -0.4 is 0 Å². The van der Waals surface area contributed by atoms with Crippen LogP contribution in [0.3, 0.4) is 0 Å². The van der Waals surface area contributed by atoms with Crippen molar-refractivity contribution in [2.75, 3.05) is 13.7 Å². The summed E-state index contributed by atoms with van der Waals surface area (Å²) < 4.78 is 7.09. The summed E-state index contributed by atoms with van der Waals surface area (Å²) in [6, 6.07) is 0. The lowest BCUT2D eigenvalue weighted by atomic mass is 9.98. The Hall–Kier alpha value is -1.36. The molecule has 0 saturated heterocycles. The lowest BCUT2D eigenvalue weighted by molar-refractivity contribution is -0.142. The highest BCUT2D eigenvalue weighted by molar-refractivity contribution is 5.70. The first-order chi connectivity index (χ1) is 8.20. The van der Waals surface area contributed by atoms with Gasteiger partial charge in [0.2, 0.25) is 0 Å². The van der Waals surface area contributed by atoms with Gasteiger partial charge in [0.05, 0.1) is 11.6 Å². The highest BCUT2D eigenvalue weighted by Crippen LogP contribution is 2.20. The Bertz CT molecular complexity index is 400. The minimum Gasteiger partial charge on any atom is -0.481 e. The fourth-order valence-electron chi connectivity index (χ4n) is 2.22. The van der Waals surface area contributed by atoms with E-state index in [0.29, 0.717) is 12.8 Å². The average Bonchev–Trinajstić information content (AvgIpc) is 2.70. The Morgan fingerprint density at radius 2 is 2.53 bits per heavy atom. The Balaban J connectivity index is 1.99. The van der Waals surface area contributed by atoms with Crippen LogP contribution in [-0.4, -0.2) is 34.3 Å². The molecule has 0 bridgehead atoms. The number of hydrogen-bond donors (Lipinski definition) is 1. The van der Waals surface area contributed by atoms with E-state index in [4.69, 9.17) is 9.84 Å². The van der Waals surface area contributed by atoms with E-state index < -0.39 is 5.97 Å². The van der Waals surface area contributed by atoms with Crippen LogP contribution in [0.5, 0.6) is 0 Å².